The van der Waals surface area contributed by atoms with E-state index in [1.54, 1.807) is 0 Å². The molecule has 1 aromatic carbocycles. The maximum atomic E-state index is 4.70. The molecule has 1 aromatic heterocycles. The smallest absolute Gasteiger partial charge is 0.317 e. The Labute approximate surface area is 140 Å². The largest absolute Gasteiger partial charge is 0.457 e. The highest BCUT2D eigenvalue weighted by Gasteiger charge is 2.21. The van der Waals surface area contributed by atoms with E-state index in [1.807, 2.05) is 6.21 Å². The van der Waals surface area contributed by atoms with Crippen LogP contribution < -0.4 is 0 Å². The molecule has 0 spiro atoms. The summed E-state index contributed by atoms with van der Waals surface area (Å²) >= 11 is 2.80. The summed E-state index contributed by atoms with van der Waals surface area (Å²) in [6.07, 6.45) is 4.12. The van der Waals surface area contributed by atoms with Gasteiger partial charge in [0.2, 0.25) is 0 Å². The molecule has 2 radical (unpaired) electrons. The van der Waals surface area contributed by atoms with Crippen molar-refractivity contribution in [2.24, 2.45) is 4.99 Å². The monoisotopic (exact) mass is 302 g/mol. The van der Waals surface area contributed by atoms with Crippen LogP contribution in [0.1, 0.15) is 36.2 Å². The van der Waals surface area contributed by atoms with Gasteiger partial charge in [-0.2, -0.15) is 0 Å². The molecule has 0 aliphatic carbocycles. The predicted octanol–water partition coefficient (Wildman–Crippen LogP) is 4.22. The van der Waals surface area contributed by atoms with E-state index in [0.717, 1.165) is 5.70 Å². The molecule has 1 aliphatic rings. The first-order valence-electron chi connectivity index (χ1n) is 7.46. The third kappa shape index (κ3) is 2.41. The summed E-state index contributed by atoms with van der Waals surface area (Å²) in [6.45, 7) is 8.60. The Kier molecular flexibility index (Phi) is 3.95. The molecule has 0 saturated heterocycles. The first-order valence-corrected chi connectivity index (χ1v) is 7.98. The Hall–Kier alpha value is -1.82. The first kappa shape index (κ1) is 15.1. The van der Waals surface area contributed by atoms with E-state index in [0.29, 0.717) is 0 Å². The van der Waals surface area contributed by atoms with Gasteiger partial charge in [-0.3, -0.25) is 4.99 Å². The van der Waals surface area contributed by atoms with Gasteiger partial charge in [0.1, 0.15) is 0 Å². The number of benzene rings is 1. The van der Waals surface area contributed by atoms with Crippen LogP contribution in [0.4, 0.5) is 0 Å². The Bertz CT molecular complexity index is 821. The molecule has 0 bridgehead atoms. The van der Waals surface area contributed by atoms with Crippen molar-refractivity contribution in [3.63, 3.8) is 0 Å². The maximum absolute atomic E-state index is 4.70. The first-order chi connectivity index (χ1) is 10.5. The molecule has 22 heavy (non-hydrogen) atoms. The van der Waals surface area contributed by atoms with Gasteiger partial charge in [0.05, 0.1) is 5.70 Å². The number of nitrogens with zero attached hydrogens (tertiary/aromatic N) is 2. The van der Waals surface area contributed by atoms with Crippen molar-refractivity contribution in [2.75, 3.05) is 0 Å². The summed E-state index contributed by atoms with van der Waals surface area (Å²) < 4.78 is 2.14. The van der Waals surface area contributed by atoms with Crippen LogP contribution in [0, 0.1) is 13.8 Å². The van der Waals surface area contributed by atoms with E-state index in [-0.39, 0.29) is 0 Å². The van der Waals surface area contributed by atoms with Crippen LogP contribution in [0.15, 0.2) is 58.4 Å². The van der Waals surface area contributed by atoms with Crippen LogP contribution >= 0.6 is 0 Å². The lowest BCUT2D eigenvalue weighted by atomic mass is 9.94. The lowest BCUT2D eigenvalue weighted by Crippen LogP contribution is -2.02. The summed E-state index contributed by atoms with van der Waals surface area (Å²) in [6, 6.07) is 10.5. The second-order valence-electron chi connectivity index (χ2n) is 5.85. The van der Waals surface area contributed by atoms with Gasteiger partial charge in [-0.15, -0.1) is 0 Å². The third-order valence-corrected chi connectivity index (χ3v) is 4.81. The minimum absolute atomic E-state index is 1.08. The van der Waals surface area contributed by atoms with Gasteiger partial charge in [0.25, 0.3) is 0 Å². The van der Waals surface area contributed by atoms with Crippen LogP contribution in [-0.4, -0.2) is 26.3 Å². The quantitative estimate of drug-likeness (QED) is 0.739. The topological polar surface area (TPSA) is 17.3 Å². The van der Waals surface area contributed by atoms with E-state index < -0.39 is 0 Å². The molecule has 0 saturated carbocycles. The van der Waals surface area contributed by atoms with E-state index in [2.05, 4.69) is 84.3 Å². The predicted molar refractivity (Wildman–Crippen MR) is 94.4 cm³/mol. The minimum atomic E-state index is 1.08. The Morgan fingerprint density at radius 1 is 1.05 bits per heavy atom. The van der Waals surface area contributed by atoms with Crippen LogP contribution in [0.3, 0.4) is 0 Å². The number of aliphatic imine (C=N–C) groups is 1. The maximum Gasteiger partial charge on any atom is 0.317 e. The molecule has 2 aromatic rings. The van der Waals surface area contributed by atoms with Gasteiger partial charge in [-0.25, -0.2) is 0 Å². The summed E-state index contributed by atoms with van der Waals surface area (Å²) in [4.78, 5) is 4.70. The van der Waals surface area contributed by atoms with Crippen molar-refractivity contribution in [1.29, 1.82) is 0 Å². The Balaban J connectivity index is 2.36. The van der Waals surface area contributed by atoms with E-state index in [1.165, 1.54) is 39.1 Å². The van der Waals surface area contributed by atoms with Crippen molar-refractivity contribution in [2.45, 2.75) is 27.7 Å². The number of hydrogen-bond donors (Lipinski definition) is 0. The molecular weight excluding hydrogens is 283 g/mol. The van der Waals surface area contributed by atoms with Gasteiger partial charge in [-0.1, -0.05) is 30.3 Å². The van der Waals surface area contributed by atoms with Gasteiger partial charge in [0, 0.05) is 17.5 Å². The highest BCUT2D eigenvalue weighted by atomic mass is 27.1. The lowest BCUT2D eigenvalue weighted by Gasteiger charge is -2.16. The molecule has 0 unspecified atom stereocenters. The second-order valence-corrected chi connectivity index (χ2v) is 6.41. The van der Waals surface area contributed by atoms with E-state index >= 15 is 0 Å². The van der Waals surface area contributed by atoms with Gasteiger partial charge >= 0.3 is 16.5 Å². The van der Waals surface area contributed by atoms with Crippen LogP contribution in [0.5, 0.6) is 0 Å². The normalized spacial score (nSPS) is 16.5. The lowest BCUT2D eigenvalue weighted by molar-refractivity contribution is 1.18. The van der Waals surface area contributed by atoms with Crippen LogP contribution in [-0.2, 0) is 0 Å². The van der Waals surface area contributed by atoms with E-state index in [9.17, 15) is 0 Å². The number of aryl methyl sites for hydroxylation is 1. The number of rotatable bonds is 2. The Morgan fingerprint density at radius 2 is 1.73 bits per heavy atom. The zero-order valence-electron chi connectivity index (χ0n) is 13.5. The molecule has 1 aliphatic heterocycles. The highest BCUT2D eigenvalue weighted by molar-refractivity contribution is 6.09. The number of hydrogen-bond acceptors (Lipinski definition) is 1. The van der Waals surface area contributed by atoms with Crippen molar-refractivity contribution in [1.82, 2.24) is 3.55 Å². The fourth-order valence-corrected chi connectivity index (χ4v) is 3.40. The minimum Gasteiger partial charge on any atom is -0.457 e. The number of allylic oxidation sites excluding steroid dienone is 2. The molecule has 0 amide bonds. The number of aromatic nitrogens is 1. The third-order valence-electron chi connectivity index (χ3n) is 4.41. The molecule has 2 nitrogen and oxygen atoms in total. The molecule has 0 N–H and O–H groups in total. The van der Waals surface area contributed by atoms with Crippen molar-refractivity contribution >= 4 is 28.3 Å². The fraction of sp³-hybridized carbons (Fsp3) is 0.211. The summed E-state index contributed by atoms with van der Waals surface area (Å²) in [5.41, 5.74) is 9.78. The summed E-state index contributed by atoms with van der Waals surface area (Å²) in [5.74, 6) is 0. The zero-order valence-corrected chi connectivity index (χ0v) is 14.7. The summed E-state index contributed by atoms with van der Waals surface area (Å²) in [5, 5.41) is 0. The summed E-state index contributed by atoms with van der Waals surface area (Å²) in [7, 11) is 0. The Morgan fingerprint density at radius 3 is 2.23 bits per heavy atom. The SMILES string of the molecule is CC1=C(C)/C(=C(\c2ccccc2)c2c(C)c(C)c[n]2[Al])N=C1. The van der Waals surface area contributed by atoms with Crippen molar-refractivity contribution in [3.05, 3.63) is 75.8 Å². The second kappa shape index (κ2) is 5.76. The molecule has 2 heterocycles. The fourth-order valence-electron chi connectivity index (χ4n) is 2.85. The average Bonchev–Trinajstić information content (AvgIpc) is 2.96. The molecule has 3 heteroatoms. The van der Waals surface area contributed by atoms with E-state index in [4.69, 9.17) is 4.99 Å². The molecular formula is C19H19AlN2. The van der Waals surface area contributed by atoms with Crippen LogP contribution in [0.2, 0.25) is 0 Å². The molecule has 0 fully saturated rings. The average molecular weight is 302 g/mol. The standard InChI is InChI=1S/C19H19N2.Al/c1-12-10-20-18(14(12)3)17(16-8-6-5-7-9-16)19-15(4)13(2)11-21-19;/h5-11H,1-4H3;/q-1;+1/b18-17-;. The van der Waals surface area contributed by atoms with Crippen LogP contribution in [0.25, 0.3) is 5.57 Å². The van der Waals surface area contributed by atoms with Gasteiger partial charge < -0.3 is 3.55 Å². The molecule has 108 valence electrons. The van der Waals surface area contributed by atoms with Crippen molar-refractivity contribution in [3.8, 4) is 0 Å². The van der Waals surface area contributed by atoms with Gasteiger partial charge in [0.15, 0.2) is 0 Å². The zero-order chi connectivity index (χ0) is 15.9. The molecule has 0 atom stereocenters. The molecule has 3 rings (SSSR count). The van der Waals surface area contributed by atoms with Crippen molar-refractivity contribution < 1.29 is 0 Å². The highest BCUT2D eigenvalue weighted by Crippen LogP contribution is 2.36. The van der Waals surface area contributed by atoms with Gasteiger partial charge in [-0.05, 0) is 61.7 Å².